The van der Waals surface area contributed by atoms with Gasteiger partial charge in [-0.15, -0.1) is 0 Å². The highest BCUT2D eigenvalue weighted by Gasteiger charge is 2.16. The van der Waals surface area contributed by atoms with Crippen LogP contribution in [0.2, 0.25) is 10.0 Å². The van der Waals surface area contributed by atoms with Crippen LogP contribution in [0.1, 0.15) is 15.9 Å². The van der Waals surface area contributed by atoms with E-state index in [2.05, 4.69) is 5.32 Å². The molecule has 1 N–H and O–H groups in total. The molecule has 6 heteroatoms. The van der Waals surface area contributed by atoms with Gasteiger partial charge in [-0.1, -0.05) is 53.5 Å². The summed E-state index contributed by atoms with van der Waals surface area (Å²) in [6.07, 6.45) is 0. The van der Waals surface area contributed by atoms with Crippen LogP contribution < -0.4 is 14.8 Å². The molecule has 0 aliphatic rings. The van der Waals surface area contributed by atoms with Gasteiger partial charge in [0.25, 0.3) is 5.91 Å². The summed E-state index contributed by atoms with van der Waals surface area (Å²) in [5.74, 6) is 0.560. The highest BCUT2D eigenvalue weighted by atomic mass is 35.5. The molecule has 4 nitrogen and oxygen atoms in total. The molecule has 0 saturated heterocycles. The van der Waals surface area contributed by atoms with Gasteiger partial charge in [-0.05, 0) is 42.0 Å². The van der Waals surface area contributed by atoms with E-state index in [1.807, 2.05) is 30.3 Å². The first-order chi connectivity index (χ1) is 13.1. The van der Waals surface area contributed by atoms with Crippen molar-refractivity contribution in [3.63, 3.8) is 0 Å². The molecule has 0 aromatic heterocycles. The molecule has 0 bridgehead atoms. The van der Waals surface area contributed by atoms with Gasteiger partial charge in [0, 0.05) is 10.0 Å². The Morgan fingerprint density at radius 1 is 0.926 bits per heavy atom. The molecule has 138 valence electrons. The van der Waals surface area contributed by atoms with Crippen LogP contribution >= 0.6 is 23.2 Å². The van der Waals surface area contributed by atoms with Crippen molar-refractivity contribution in [1.29, 1.82) is 0 Å². The summed E-state index contributed by atoms with van der Waals surface area (Å²) in [7, 11) is 1.52. The number of carbonyl (C=O) groups is 1. The van der Waals surface area contributed by atoms with Gasteiger partial charge in [0.05, 0.1) is 18.4 Å². The van der Waals surface area contributed by atoms with Crippen molar-refractivity contribution in [2.45, 2.75) is 6.61 Å². The Labute approximate surface area is 167 Å². The van der Waals surface area contributed by atoms with Crippen molar-refractivity contribution in [1.82, 2.24) is 0 Å². The Balaban J connectivity index is 1.83. The normalized spacial score (nSPS) is 10.3. The molecule has 0 unspecified atom stereocenters. The number of ether oxygens (including phenoxy) is 2. The fourth-order valence-electron chi connectivity index (χ4n) is 2.51. The number of nitrogens with one attached hydrogen (secondary N) is 1. The fourth-order valence-corrected chi connectivity index (χ4v) is 2.85. The number of methoxy groups -OCH3 is 1. The summed E-state index contributed by atoms with van der Waals surface area (Å²) in [6.45, 7) is 0.337. The Kier molecular flexibility index (Phi) is 6.22. The molecule has 3 aromatic carbocycles. The summed E-state index contributed by atoms with van der Waals surface area (Å²) in [4.78, 5) is 12.8. The molecule has 1 amide bonds. The van der Waals surface area contributed by atoms with E-state index in [4.69, 9.17) is 32.7 Å². The van der Waals surface area contributed by atoms with Crippen molar-refractivity contribution >= 4 is 34.8 Å². The maximum Gasteiger partial charge on any atom is 0.259 e. The van der Waals surface area contributed by atoms with E-state index in [0.29, 0.717) is 39.4 Å². The smallest absolute Gasteiger partial charge is 0.259 e. The van der Waals surface area contributed by atoms with E-state index in [1.165, 1.54) is 7.11 Å². The van der Waals surface area contributed by atoms with Crippen molar-refractivity contribution in [3.05, 3.63) is 87.9 Å². The van der Waals surface area contributed by atoms with Gasteiger partial charge in [-0.25, -0.2) is 0 Å². The minimum absolute atomic E-state index is 0.320. The molecule has 0 heterocycles. The average molecular weight is 402 g/mol. The zero-order valence-electron chi connectivity index (χ0n) is 14.5. The summed E-state index contributed by atoms with van der Waals surface area (Å²) < 4.78 is 11.1. The standard InChI is InChI=1S/C21H17Cl2NO3/c1-26-20-10-8-16(23)12-18(20)24-21(25)17-11-15(22)7-9-19(17)27-13-14-5-3-2-4-6-14/h2-12H,13H2,1H3,(H,24,25). The number of anilines is 1. The van der Waals surface area contributed by atoms with Gasteiger partial charge in [-0.2, -0.15) is 0 Å². The number of hydrogen-bond donors (Lipinski definition) is 1. The molecular weight excluding hydrogens is 385 g/mol. The molecule has 0 fully saturated rings. The van der Waals surface area contributed by atoms with Crippen LogP contribution in [-0.4, -0.2) is 13.0 Å². The third kappa shape index (κ3) is 4.94. The lowest BCUT2D eigenvalue weighted by molar-refractivity contribution is 0.102. The number of halogens is 2. The fraction of sp³-hybridized carbons (Fsp3) is 0.0952. The molecule has 0 aliphatic carbocycles. The highest BCUT2D eigenvalue weighted by molar-refractivity contribution is 6.31. The second-order valence-corrected chi connectivity index (χ2v) is 6.59. The minimum atomic E-state index is -0.374. The summed E-state index contributed by atoms with van der Waals surface area (Å²) in [5, 5.41) is 3.72. The van der Waals surface area contributed by atoms with Gasteiger partial charge in [0.2, 0.25) is 0 Å². The van der Waals surface area contributed by atoms with E-state index in [9.17, 15) is 4.79 Å². The topological polar surface area (TPSA) is 47.6 Å². The maximum atomic E-state index is 12.8. The quantitative estimate of drug-likeness (QED) is 0.564. The number of hydrogen-bond acceptors (Lipinski definition) is 3. The van der Waals surface area contributed by atoms with Crippen LogP contribution in [0.3, 0.4) is 0 Å². The molecule has 0 aliphatic heterocycles. The van der Waals surface area contributed by atoms with Crippen molar-refractivity contribution in [3.8, 4) is 11.5 Å². The molecular formula is C21H17Cl2NO3. The van der Waals surface area contributed by atoms with Crippen molar-refractivity contribution in [2.75, 3.05) is 12.4 Å². The maximum absolute atomic E-state index is 12.8. The van der Waals surface area contributed by atoms with Gasteiger partial charge in [-0.3, -0.25) is 4.79 Å². The first kappa shape index (κ1) is 19.1. The number of benzene rings is 3. The lowest BCUT2D eigenvalue weighted by Gasteiger charge is -2.14. The number of rotatable bonds is 6. The van der Waals surface area contributed by atoms with E-state index in [-0.39, 0.29) is 5.91 Å². The zero-order valence-corrected chi connectivity index (χ0v) is 16.1. The van der Waals surface area contributed by atoms with Gasteiger partial charge < -0.3 is 14.8 Å². The lowest BCUT2D eigenvalue weighted by atomic mass is 10.1. The molecule has 0 saturated carbocycles. The predicted octanol–water partition coefficient (Wildman–Crippen LogP) is 5.83. The molecule has 3 rings (SSSR count). The minimum Gasteiger partial charge on any atom is -0.495 e. The third-order valence-corrected chi connectivity index (χ3v) is 4.30. The Bertz CT molecular complexity index is 945. The second kappa shape index (κ2) is 8.80. The third-order valence-electron chi connectivity index (χ3n) is 3.83. The van der Waals surface area contributed by atoms with Crippen LogP contribution in [0.5, 0.6) is 11.5 Å². The van der Waals surface area contributed by atoms with Crippen LogP contribution in [0.25, 0.3) is 0 Å². The first-order valence-electron chi connectivity index (χ1n) is 8.18. The van der Waals surface area contributed by atoms with Crippen LogP contribution in [0.15, 0.2) is 66.7 Å². The monoisotopic (exact) mass is 401 g/mol. The average Bonchev–Trinajstić information content (AvgIpc) is 2.68. The summed E-state index contributed by atoms with van der Waals surface area (Å²) in [6, 6.07) is 19.6. The van der Waals surface area contributed by atoms with E-state index in [1.54, 1.807) is 36.4 Å². The zero-order chi connectivity index (χ0) is 19.2. The Morgan fingerprint density at radius 3 is 2.30 bits per heavy atom. The van der Waals surface area contributed by atoms with E-state index < -0.39 is 0 Å². The van der Waals surface area contributed by atoms with Crippen LogP contribution in [-0.2, 0) is 6.61 Å². The van der Waals surface area contributed by atoms with Gasteiger partial charge >= 0.3 is 0 Å². The number of amides is 1. The summed E-state index contributed by atoms with van der Waals surface area (Å²) in [5.41, 5.74) is 1.78. The van der Waals surface area contributed by atoms with Crippen LogP contribution in [0, 0.1) is 0 Å². The van der Waals surface area contributed by atoms with Crippen molar-refractivity contribution in [2.24, 2.45) is 0 Å². The first-order valence-corrected chi connectivity index (χ1v) is 8.93. The molecule has 0 spiro atoms. The van der Waals surface area contributed by atoms with Gasteiger partial charge in [0.1, 0.15) is 18.1 Å². The Morgan fingerprint density at radius 2 is 1.59 bits per heavy atom. The SMILES string of the molecule is COc1ccc(Cl)cc1NC(=O)c1cc(Cl)ccc1OCc1ccccc1. The van der Waals surface area contributed by atoms with E-state index >= 15 is 0 Å². The molecule has 27 heavy (non-hydrogen) atoms. The Hall–Kier alpha value is -2.69. The predicted molar refractivity (Wildman–Crippen MR) is 108 cm³/mol. The summed E-state index contributed by atoms with van der Waals surface area (Å²) >= 11 is 12.1. The van der Waals surface area contributed by atoms with Crippen molar-refractivity contribution < 1.29 is 14.3 Å². The number of carbonyl (C=O) groups excluding carboxylic acids is 1. The van der Waals surface area contributed by atoms with Gasteiger partial charge in [0.15, 0.2) is 0 Å². The highest BCUT2D eigenvalue weighted by Crippen LogP contribution is 2.30. The van der Waals surface area contributed by atoms with E-state index in [0.717, 1.165) is 5.56 Å². The van der Waals surface area contributed by atoms with Crippen LogP contribution in [0.4, 0.5) is 5.69 Å². The molecule has 0 atom stereocenters. The lowest BCUT2D eigenvalue weighted by Crippen LogP contribution is -2.14. The largest absolute Gasteiger partial charge is 0.495 e. The molecule has 3 aromatic rings. The molecule has 0 radical (unpaired) electrons. The second-order valence-electron chi connectivity index (χ2n) is 5.71.